The summed E-state index contributed by atoms with van der Waals surface area (Å²) in [7, 11) is 0. The molecule has 1 aromatic rings. The lowest BCUT2D eigenvalue weighted by Gasteiger charge is -2.16. The van der Waals surface area contributed by atoms with Crippen LogP contribution in [0.2, 0.25) is 0 Å². The fourth-order valence-electron chi connectivity index (χ4n) is 1.92. The molecule has 1 saturated heterocycles. The summed E-state index contributed by atoms with van der Waals surface area (Å²) in [6.45, 7) is 7.24. The van der Waals surface area contributed by atoms with Gasteiger partial charge >= 0.3 is 0 Å². The van der Waals surface area contributed by atoms with Gasteiger partial charge in [-0.25, -0.2) is 9.97 Å². The molecule has 4 heteroatoms. The third-order valence-corrected chi connectivity index (χ3v) is 2.88. The molecule has 0 aromatic carbocycles. The average Bonchev–Trinajstić information content (AvgIpc) is 2.82. The second kappa shape index (κ2) is 5.66. The van der Waals surface area contributed by atoms with E-state index < -0.39 is 0 Å². The summed E-state index contributed by atoms with van der Waals surface area (Å²) >= 11 is 0. The molecule has 0 aliphatic carbocycles. The van der Waals surface area contributed by atoms with Crippen LogP contribution in [0.15, 0.2) is 24.0 Å². The molecule has 0 unspecified atom stereocenters. The highest BCUT2D eigenvalue weighted by atomic mass is 15.2. The summed E-state index contributed by atoms with van der Waals surface area (Å²) in [5, 5.41) is 3.29. The Morgan fingerprint density at radius 3 is 2.82 bits per heavy atom. The first-order chi connectivity index (χ1) is 8.25. The number of nitrogens with zero attached hydrogens (tertiary/aromatic N) is 3. The Labute approximate surface area is 103 Å². The molecule has 0 atom stereocenters. The predicted octanol–water partition coefficient (Wildman–Crippen LogP) is 2.45. The van der Waals surface area contributed by atoms with Crippen LogP contribution in [-0.4, -0.2) is 29.6 Å². The zero-order valence-electron chi connectivity index (χ0n) is 10.6. The highest BCUT2D eigenvalue weighted by Gasteiger charge is 2.13. The van der Waals surface area contributed by atoms with Gasteiger partial charge in [0, 0.05) is 25.7 Å². The van der Waals surface area contributed by atoms with Gasteiger partial charge in [-0.05, 0) is 26.7 Å². The summed E-state index contributed by atoms with van der Waals surface area (Å²) < 4.78 is 0. The van der Waals surface area contributed by atoms with Crippen LogP contribution in [0.5, 0.6) is 0 Å². The average molecular weight is 232 g/mol. The number of aromatic nitrogens is 2. The van der Waals surface area contributed by atoms with E-state index in [0.29, 0.717) is 0 Å². The van der Waals surface area contributed by atoms with E-state index in [-0.39, 0.29) is 0 Å². The molecule has 0 spiro atoms. The van der Waals surface area contributed by atoms with Crippen molar-refractivity contribution in [3.05, 3.63) is 24.0 Å². The molecule has 1 aromatic heterocycles. The van der Waals surface area contributed by atoms with Crippen molar-refractivity contribution in [1.29, 1.82) is 0 Å². The maximum atomic E-state index is 4.32. The molecule has 4 nitrogen and oxygen atoms in total. The Bertz CT molecular complexity index is 390. The zero-order chi connectivity index (χ0) is 12.1. The summed E-state index contributed by atoms with van der Waals surface area (Å²) in [6, 6.07) is 2.03. The first-order valence-corrected chi connectivity index (χ1v) is 6.20. The zero-order valence-corrected chi connectivity index (χ0v) is 10.6. The molecular formula is C13H20N4. The largest absolute Gasteiger partial charge is 0.366 e. The lowest BCUT2D eigenvalue weighted by molar-refractivity contribution is 0.927. The second-order valence-electron chi connectivity index (χ2n) is 4.62. The fourth-order valence-corrected chi connectivity index (χ4v) is 1.92. The number of anilines is 2. The Balaban J connectivity index is 1.98. The standard InChI is InChI=1S/C13H20N4/c1-11(2)5-6-14-12-9-13(16-10-15-12)17-7-3-4-8-17/h5,9-10H,3-4,6-8H2,1-2H3,(H,14,15,16). The van der Waals surface area contributed by atoms with Crippen molar-refractivity contribution >= 4 is 11.6 Å². The Morgan fingerprint density at radius 1 is 1.35 bits per heavy atom. The SMILES string of the molecule is CC(C)=CCNc1cc(N2CCCC2)ncn1. The minimum absolute atomic E-state index is 0.818. The van der Waals surface area contributed by atoms with Crippen LogP contribution in [-0.2, 0) is 0 Å². The van der Waals surface area contributed by atoms with Crippen molar-refractivity contribution in [2.75, 3.05) is 29.9 Å². The van der Waals surface area contributed by atoms with Crippen molar-refractivity contribution in [2.45, 2.75) is 26.7 Å². The van der Waals surface area contributed by atoms with Crippen LogP contribution in [0, 0.1) is 0 Å². The van der Waals surface area contributed by atoms with Crippen LogP contribution in [0.25, 0.3) is 0 Å². The molecule has 1 fully saturated rings. The van der Waals surface area contributed by atoms with Crippen molar-refractivity contribution in [3.8, 4) is 0 Å². The lowest BCUT2D eigenvalue weighted by Crippen LogP contribution is -2.19. The molecule has 1 aliphatic heterocycles. The van der Waals surface area contributed by atoms with Gasteiger partial charge < -0.3 is 10.2 Å². The topological polar surface area (TPSA) is 41.0 Å². The number of allylic oxidation sites excluding steroid dienone is 1. The van der Waals surface area contributed by atoms with Gasteiger partial charge in [-0.1, -0.05) is 11.6 Å². The highest BCUT2D eigenvalue weighted by molar-refractivity contribution is 5.49. The van der Waals surface area contributed by atoms with Crippen LogP contribution in [0.4, 0.5) is 11.6 Å². The van der Waals surface area contributed by atoms with Crippen LogP contribution in [0.1, 0.15) is 26.7 Å². The minimum Gasteiger partial charge on any atom is -0.366 e. The molecule has 92 valence electrons. The normalized spacial score (nSPS) is 14.8. The summed E-state index contributed by atoms with van der Waals surface area (Å²) in [6.07, 6.45) is 6.32. The molecule has 1 N–H and O–H groups in total. The number of nitrogens with one attached hydrogen (secondary N) is 1. The van der Waals surface area contributed by atoms with E-state index in [2.05, 4.69) is 40.1 Å². The first kappa shape index (κ1) is 11.9. The van der Waals surface area contributed by atoms with E-state index in [0.717, 1.165) is 31.3 Å². The Kier molecular flexibility index (Phi) is 3.96. The lowest BCUT2D eigenvalue weighted by atomic mass is 10.3. The van der Waals surface area contributed by atoms with Crippen LogP contribution >= 0.6 is 0 Å². The van der Waals surface area contributed by atoms with Gasteiger partial charge in [0.15, 0.2) is 0 Å². The molecule has 0 amide bonds. The molecule has 0 bridgehead atoms. The maximum Gasteiger partial charge on any atom is 0.134 e. The summed E-state index contributed by atoms with van der Waals surface area (Å²) in [5.74, 6) is 1.94. The monoisotopic (exact) mass is 232 g/mol. The van der Waals surface area contributed by atoms with Crippen LogP contribution in [0.3, 0.4) is 0 Å². The second-order valence-corrected chi connectivity index (χ2v) is 4.62. The third kappa shape index (κ3) is 3.44. The molecule has 1 aliphatic rings. The third-order valence-electron chi connectivity index (χ3n) is 2.88. The van der Waals surface area contributed by atoms with E-state index in [1.165, 1.54) is 18.4 Å². The van der Waals surface area contributed by atoms with Gasteiger partial charge in [-0.3, -0.25) is 0 Å². The number of hydrogen-bond acceptors (Lipinski definition) is 4. The summed E-state index contributed by atoms with van der Waals surface area (Å²) in [4.78, 5) is 10.9. The quantitative estimate of drug-likeness (QED) is 0.810. The Hall–Kier alpha value is -1.58. The van der Waals surface area contributed by atoms with E-state index >= 15 is 0 Å². The van der Waals surface area contributed by atoms with Gasteiger partial charge in [0.1, 0.15) is 18.0 Å². The predicted molar refractivity (Wildman–Crippen MR) is 71.4 cm³/mol. The van der Waals surface area contributed by atoms with E-state index in [4.69, 9.17) is 0 Å². The van der Waals surface area contributed by atoms with Crippen LogP contribution < -0.4 is 10.2 Å². The minimum atomic E-state index is 0.818. The number of hydrogen-bond donors (Lipinski definition) is 1. The van der Waals surface area contributed by atoms with Gasteiger partial charge in [-0.15, -0.1) is 0 Å². The fraction of sp³-hybridized carbons (Fsp3) is 0.538. The van der Waals surface area contributed by atoms with Crippen molar-refractivity contribution < 1.29 is 0 Å². The molecule has 0 radical (unpaired) electrons. The van der Waals surface area contributed by atoms with Crippen molar-refractivity contribution in [2.24, 2.45) is 0 Å². The van der Waals surface area contributed by atoms with Crippen molar-refractivity contribution in [1.82, 2.24) is 9.97 Å². The van der Waals surface area contributed by atoms with Crippen molar-refractivity contribution in [3.63, 3.8) is 0 Å². The van der Waals surface area contributed by atoms with Gasteiger partial charge in [0.2, 0.25) is 0 Å². The molecule has 2 rings (SSSR count). The van der Waals surface area contributed by atoms with E-state index in [9.17, 15) is 0 Å². The molecule has 0 saturated carbocycles. The number of rotatable bonds is 4. The maximum absolute atomic E-state index is 4.32. The molecular weight excluding hydrogens is 212 g/mol. The van der Waals surface area contributed by atoms with Gasteiger partial charge in [-0.2, -0.15) is 0 Å². The highest BCUT2D eigenvalue weighted by Crippen LogP contribution is 2.19. The van der Waals surface area contributed by atoms with Gasteiger partial charge in [0.05, 0.1) is 0 Å². The first-order valence-electron chi connectivity index (χ1n) is 6.20. The summed E-state index contributed by atoms with van der Waals surface area (Å²) in [5.41, 5.74) is 1.31. The molecule has 17 heavy (non-hydrogen) atoms. The Morgan fingerprint density at radius 2 is 2.12 bits per heavy atom. The molecule has 2 heterocycles. The van der Waals surface area contributed by atoms with E-state index in [1.807, 2.05) is 6.07 Å². The van der Waals surface area contributed by atoms with E-state index in [1.54, 1.807) is 6.33 Å². The van der Waals surface area contributed by atoms with Gasteiger partial charge in [0.25, 0.3) is 0 Å². The smallest absolute Gasteiger partial charge is 0.134 e.